The van der Waals surface area contributed by atoms with Crippen LogP contribution in [0.3, 0.4) is 0 Å². The second-order valence-corrected chi connectivity index (χ2v) is 11.1. The monoisotopic (exact) mass is 533 g/mol. The van der Waals surface area contributed by atoms with E-state index < -0.39 is 44.0 Å². The van der Waals surface area contributed by atoms with Crippen LogP contribution in [0, 0.1) is 18.4 Å². The van der Waals surface area contributed by atoms with Crippen molar-refractivity contribution in [2.24, 2.45) is 10.1 Å². The molecule has 3 amide bonds. The summed E-state index contributed by atoms with van der Waals surface area (Å²) in [5, 5.41) is 13.0. The van der Waals surface area contributed by atoms with Crippen molar-refractivity contribution in [1.82, 2.24) is 14.9 Å². The Morgan fingerprint density at radius 1 is 1.06 bits per heavy atom. The Balaban J connectivity index is 1.68. The molecule has 0 spiro atoms. The van der Waals surface area contributed by atoms with E-state index in [0.29, 0.717) is 12.8 Å². The predicted molar refractivity (Wildman–Crippen MR) is 129 cm³/mol. The van der Waals surface area contributed by atoms with Crippen LogP contribution in [0.25, 0.3) is 0 Å². The topological polar surface area (TPSA) is 204 Å². The number of nitrogens with one attached hydrogen (secondary N) is 3. The van der Waals surface area contributed by atoms with Gasteiger partial charge in [0.2, 0.25) is 11.9 Å². The van der Waals surface area contributed by atoms with E-state index in [-0.39, 0.29) is 22.0 Å². The van der Waals surface area contributed by atoms with E-state index in [0.717, 1.165) is 10.5 Å². The van der Waals surface area contributed by atoms with Crippen molar-refractivity contribution in [3.63, 3.8) is 0 Å². The van der Waals surface area contributed by atoms with Crippen molar-refractivity contribution in [2.75, 3.05) is 11.9 Å². The lowest BCUT2D eigenvalue weighted by atomic mass is 10.2. The molecule has 5 N–H and O–H groups in total. The fraction of sp³-hybridized carbons (Fsp3) is 0.238. The van der Waals surface area contributed by atoms with E-state index in [1.54, 1.807) is 19.1 Å². The van der Waals surface area contributed by atoms with Crippen LogP contribution in [0.15, 0.2) is 62.7 Å². The Labute approximate surface area is 208 Å². The van der Waals surface area contributed by atoms with Gasteiger partial charge in [-0.05, 0) is 56.2 Å². The molecule has 0 aliphatic carbocycles. The largest absolute Gasteiger partial charge is 0.368 e. The van der Waals surface area contributed by atoms with Gasteiger partial charge in [-0.1, -0.05) is 17.7 Å². The second-order valence-electron chi connectivity index (χ2n) is 7.78. The molecule has 0 saturated carbocycles. The number of hydrogen-bond acceptors (Lipinski definition) is 7. The highest BCUT2D eigenvalue weighted by Crippen LogP contribution is 2.22. The number of hydrogen-bond donors (Lipinski definition) is 4. The Hall–Kier alpha value is -4.16. The van der Waals surface area contributed by atoms with Gasteiger partial charge < -0.3 is 16.0 Å². The molecule has 1 aliphatic rings. The maximum absolute atomic E-state index is 12.8. The Morgan fingerprint density at radius 2 is 1.67 bits per heavy atom. The standard InChI is InChI=1S/C21H23N7O6S2/c1-14-4-8-16(9-5-14)36(33,34)27-21(30)28-12-2-3-18(28)19(29)25-15-6-10-17(11-7-15)35(31,32)26-20(23)24-13-22/h4-11,18H,2-3,12H2,1H3,(H,25,29)(H,27,30)(H3,23,24,26)/t18-/m0/s1. The van der Waals surface area contributed by atoms with Gasteiger partial charge in [0.1, 0.15) is 6.04 Å². The number of urea groups is 1. The van der Waals surface area contributed by atoms with E-state index in [1.807, 2.05) is 10.0 Å². The number of likely N-dealkylation sites (tertiary alicyclic amines) is 1. The third kappa shape index (κ3) is 6.29. The summed E-state index contributed by atoms with van der Waals surface area (Å²) in [6.07, 6.45) is 2.25. The molecule has 2 aromatic rings. The molecule has 0 unspecified atom stereocenters. The minimum Gasteiger partial charge on any atom is -0.368 e. The van der Waals surface area contributed by atoms with Crippen molar-refractivity contribution < 1.29 is 26.4 Å². The van der Waals surface area contributed by atoms with Gasteiger partial charge in [-0.15, -0.1) is 4.40 Å². The average Bonchev–Trinajstić information content (AvgIpc) is 3.30. The number of amides is 3. The predicted octanol–water partition coefficient (Wildman–Crippen LogP) is 0.571. The maximum atomic E-state index is 12.8. The summed E-state index contributed by atoms with van der Waals surface area (Å²) in [5.41, 5.74) is 6.39. The molecule has 1 saturated heterocycles. The van der Waals surface area contributed by atoms with Crippen LogP contribution in [-0.4, -0.2) is 52.2 Å². The first-order chi connectivity index (χ1) is 16.9. The molecule has 0 radical (unpaired) electrons. The van der Waals surface area contributed by atoms with E-state index in [4.69, 9.17) is 11.0 Å². The van der Waals surface area contributed by atoms with Gasteiger partial charge in [0.15, 0.2) is 6.19 Å². The molecule has 3 rings (SSSR count). The molecule has 1 atom stereocenters. The quantitative estimate of drug-likeness (QED) is 0.177. The molecule has 15 heteroatoms. The zero-order valence-corrected chi connectivity index (χ0v) is 20.6. The van der Waals surface area contributed by atoms with Gasteiger partial charge in [0.25, 0.3) is 20.0 Å². The van der Waals surface area contributed by atoms with Crippen molar-refractivity contribution >= 4 is 43.6 Å². The lowest BCUT2D eigenvalue weighted by Crippen LogP contribution is -2.49. The van der Waals surface area contributed by atoms with Crippen LogP contribution in [-0.2, 0) is 24.8 Å². The van der Waals surface area contributed by atoms with Crippen molar-refractivity contribution in [3.8, 4) is 6.19 Å². The number of nitrogens with two attached hydrogens (primary N) is 1. The number of carbonyl (C=O) groups excluding carboxylic acids is 2. The van der Waals surface area contributed by atoms with Crippen LogP contribution in [0.5, 0.6) is 0 Å². The van der Waals surface area contributed by atoms with E-state index in [9.17, 15) is 26.4 Å². The summed E-state index contributed by atoms with van der Waals surface area (Å²) < 4.78 is 54.8. The van der Waals surface area contributed by atoms with Gasteiger partial charge in [0.05, 0.1) is 9.79 Å². The number of aryl methyl sites for hydroxylation is 1. The molecule has 1 heterocycles. The lowest BCUT2D eigenvalue weighted by molar-refractivity contribution is -0.119. The van der Waals surface area contributed by atoms with Crippen LogP contribution < -0.4 is 21.1 Å². The van der Waals surface area contributed by atoms with Gasteiger partial charge in [-0.2, -0.15) is 13.7 Å². The number of rotatable bonds is 6. The first-order valence-corrected chi connectivity index (χ1v) is 13.4. The van der Waals surface area contributed by atoms with Gasteiger partial charge in [-0.3, -0.25) is 10.1 Å². The van der Waals surface area contributed by atoms with E-state index in [2.05, 4.69) is 9.71 Å². The molecule has 0 bridgehead atoms. The summed E-state index contributed by atoms with van der Waals surface area (Å²) in [5.74, 6) is -1.16. The lowest BCUT2D eigenvalue weighted by Gasteiger charge is -2.24. The normalized spacial score (nSPS) is 16.2. The van der Waals surface area contributed by atoms with Crippen molar-refractivity contribution in [3.05, 3.63) is 54.1 Å². The second kappa shape index (κ2) is 10.6. The smallest absolute Gasteiger partial charge is 0.331 e. The van der Waals surface area contributed by atoms with Gasteiger partial charge in [0, 0.05) is 12.2 Å². The zero-order chi connectivity index (χ0) is 26.5. The van der Waals surface area contributed by atoms with Crippen molar-refractivity contribution in [2.45, 2.75) is 35.6 Å². The molecular weight excluding hydrogens is 510 g/mol. The average molecular weight is 534 g/mol. The van der Waals surface area contributed by atoms with Crippen LogP contribution in [0.4, 0.5) is 10.5 Å². The number of benzene rings is 2. The third-order valence-electron chi connectivity index (χ3n) is 5.19. The number of nitrogens with zero attached hydrogens (tertiary/aromatic N) is 3. The molecular formula is C21H23N7O6S2. The summed E-state index contributed by atoms with van der Waals surface area (Å²) in [6.45, 7) is 1.98. The highest BCUT2D eigenvalue weighted by atomic mass is 32.2. The fourth-order valence-electron chi connectivity index (χ4n) is 3.43. The SMILES string of the molecule is Cc1ccc(S(=O)(=O)NC(=O)N2CCC[C@H]2C(=O)Nc2ccc(S(=O)(=O)/N=C(\N)NC#N)cc2)cc1. The number of guanidine groups is 1. The van der Waals surface area contributed by atoms with Crippen LogP contribution in [0.2, 0.25) is 0 Å². The Morgan fingerprint density at radius 3 is 2.28 bits per heavy atom. The Kier molecular flexibility index (Phi) is 7.80. The van der Waals surface area contributed by atoms with Gasteiger partial charge >= 0.3 is 6.03 Å². The summed E-state index contributed by atoms with van der Waals surface area (Å²) in [7, 11) is -8.31. The minimum absolute atomic E-state index is 0.0776. The highest BCUT2D eigenvalue weighted by Gasteiger charge is 2.36. The van der Waals surface area contributed by atoms with E-state index >= 15 is 0 Å². The van der Waals surface area contributed by atoms with Crippen LogP contribution >= 0.6 is 0 Å². The highest BCUT2D eigenvalue weighted by molar-refractivity contribution is 7.90. The molecule has 0 aromatic heterocycles. The third-order valence-corrected chi connectivity index (χ3v) is 7.83. The minimum atomic E-state index is -4.19. The number of carbonyl (C=O) groups is 2. The first kappa shape index (κ1) is 26.4. The number of sulfonamides is 2. The number of anilines is 1. The molecule has 1 fully saturated rings. The molecule has 13 nitrogen and oxygen atoms in total. The number of nitriles is 1. The first-order valence-electron chi connectivity index (χ1n) is 10.5. The Bertz CT molecular complexity index is 1430. The van der Waals surface area contributed by atoms with Gasteiger partial charge in [-0.25, -0.2) is 17.9 Å². The summed E-state index contributed by atoms with van der Waals surface area (Å²) in [6, 6.07) is 9.11. The summed E-state index contributed by atoms with van der Waals surface area (Å²) >= 11 is 0. The zero-order valence-electron chi connectivity index (χ0n) is 19.0. The molecule has 1 aliphatic heterocycles. The van der Waals surface area contributed by atoms with E-state index in [1.165, 1.54) is 42.6 Å². The molecule has 36 heavy (non-hydrogen) atoms. The van der Waals surface area contributed by atoms with Crippen molar-refractivity contribution in [1.29, 1.82) is 5.26 Å². The molecule has 2 aromatic carbocycles. The molecule has 190 valence electrons. The summed E-state index contributed by atoms with van der Waals surface area (Å²) in [4.78, 5) is 26.4. The maximum Gasteiger partial charge on any atom is 0.331 e. The fourth-order valence-corrected chi connectivity index (χ4v) is 5.28. The van der Waals surface area contributed by atoms with Crippen LogP contribution in [0.1, 0.15) is 18.4 Å².